The zero-order valence-electron chi connectivity index (χ0n) is 14.6. The summed E-state index contributed by atoms with van der Waals surface area (Å²) in [6.07, 6.45) is 3.73. The lowest BCUT2D eigenvalue weighted by Gasteiger charge is -2.15. The molecule has 0 saturated carbocycles. The molecular formula is C18H21N5O2. The number of nitrogens with one attached hydrogen (secondary N) is 1. The number of benzene rings is 1. The van der Waals surface area contributed by atoms with Gasteiger partial charge in [0.15, 0.2) is 5.82 Å². The quantitative estimate of drug-likeness (QED) is 0.746. The number of aromatic nitrogens is 4. The maximum atomic E-state index is 12.6. The fourth-order valence-corrected chi connectivity index (χ4v) is 2.63. The summed E-state index contributed by atoms with van der Waals surface area (Å²) >= 11 is 0. The van der Waals surface area contributed by atoms with Crippen molar-refractivity contribution in [2.24, 2.45) is 5.92 Å². The van der Waals surface area contributed by atoms with E-state index < -0.39 is 0 Å². The van der Waals surface area contributed by atoms with Gasteiger partial charge in [-0.3, -0.25) is 4.79 Å². The van der Waals surface area contributed by atoms with Crippen LogP contribution in [0.2, 0.25) is 0 Å². The molecule has 0 spiro atoms. The lowest BCUT2D eigenvalue weighted by atomic mass is 10.1. The molecule has 1 atom stereocenters. The zero-order chi connectivity index (χ0) is 17.8. The van der Waals surface area contributed by atoms with Gasteiger partial charge in [-0.2, -0.15) is 4.98 Å². The highest BCUT2D eigenvalue weighted by Crippen LogP contribution is 2.21. The number of aryl methyl sites for hydroxylation is 2. The van der Waals surface area contributed by atoms with E-state index in [-0.39, 0.29) is 11.8 Å². The molecule has 7 nitrogen and oxygen atoms in total. The summed E-state index contributed by atoms with van der Waals surface area (Å²) in [6, 6.07) is 7.23. The molecule has 130 valence electrons. The molecule has 1 aromatic carbocycles. The number of carbonyl (C=O) groups is 1. The van der Waals surface area contributed by atoms with E-state index in [1.54, 1.807) is 25.3 Å². The fraction of sp³-hybridized carbons (Fsp3) is 0.333. The van der Waals surface area contributed by atoms with Crippen LogP contribution in [0.5, 0.6) is 0 Å². The van der Waals surface area contributed by atoms with Crippen LogP contribution < -0.4 is 5.32 Å². The van der Waals surface area contributed by atoms with Crippen LogP contribution in [0.4, 0.5) is 0 Å². The molecule has 0 fully saturated rings. The number of hydrogen-bond acceptors (Lipinski definition) is 5. The minimum Gasteiger partial charge on any atom is -0.352 e. The summed E-state index contributed by atoms with van der Waals surface area (Å²) in [7, 11) is 0. The van der Waals surface area contributed by atoms with E-state index in [9.17, 15) is 4.79 Å². The molecule has 3 rings (SSSR count). The monoisotopic (exact) mass is 339 g/mol. The maximum absolute atomic E-state index is 12.6. The van der Waals surface area contributed by atoms with Crippen molar-refractivity contribution in [2.75, 3.05) is 6.54 Å². The third kappa shape index (κ3) is 3.93. The lowest BCUT2D eigenvalue weighted by molar-refractivity contribution is 0.0947. The van der Waals surface area contributed by atoms with Crippen molar-refractivity contribution >= 4 is 5.91 Å². The largest absolute Gasteiger partial charge is 0.352 e. The standard InChI is InChI=1S/C18H21N5O2/c1-12(11-23-9-8-19-14(23)3)10-20-17(24)15-6-4-5-7-16(15)18-21-13(2)22-25-18/h4-9,12H,10-11H2,1-3H3,(H,20,24)/t12-/m0/s1. The van der Waals surface area contributed by atoms with Crippen LogP contribution in [0.1, 0.15) is 28.9 Å². The SMILES string of the molecule is Cc1noc(-c2ccccc2C(=O)NC[C@H](C)Cn2ccnc2C)n1. The Balaban J connectivity index is 1.67. The average molecular weight is 339 g/mol. The van der Waals surface area contributed by atoms with Gasteiger partial charge in [-0.1, -0.05) is 24.2 Å². The van der Waals surface area contributed by atoms with Crippen molar-refractivity contribution in [3.05, 3.63) is 53.9 Å². The van der Waals surface area contributed by atoms with Gasteiger partial charge in [0.2, 0.25) is 0 Å². The minimum atomic E-state index is -0.152. The third-order valence-electron chi connectivity index (χ3n) is 3.97. The van der Waals surface area contributed by atoms with Crippen LogP contribution in [0.3, 0.4) is 0 Å². The number of rotatable bonds is 6. The second-order valence-electron chi connectivity index (χ2n) is 6.13. The van der Waals surface area contributed by atoms with Gasteiger partial charge in [0.05, 0.1) is 11.1 Å². The molecule has 0 radical (unpaired) electrons. The highest BCUT2D eigenvalue weighted by atomic mass is 16.5. The second-order valence-corrected chi connectivity index (χ2v) is 6.13. The smallest absolute Gasteiger partial charge is 0.258 e. The third-order valence-corrected chi connectivity index (χ3v) is 3.97. The van der Waals surface area contributed by atoms with Crippen LogP contribution >= 0.6 is 0 Å². The Morgan fingerprint density at radius 1 is 1.32 bits per heavy atom. The highest BCUT2D eigenvalue weighted by Gasteiger charge is 2.17. The first-order chi connectivity index (χ1) is 12.0. The van der Waals surface area contributed by atoms with Gasteiger partial charge >= 0.3 is 0 Å². The number of carbonyl (C=O) groups excluding carboxylic acids is 1. The van der Waals surface area contributed by atoms with Crippen molar-refractivity contribution in [1.82, 2.24) is 25.0 Å². The van der Waals surface area contributed by atoms with Crippen LogP contribution in [-0.4, -0.2) is 32.1 Å². The Hall–Kier alpha value is -2.96. The van der Waals surface area contributed by atoms with Crippen molar-refractivity contribution in [1.29, 1.82) is 0 Å². The second kappa shape index (κ2) is 7.29. The van der Waals surface area contributed by atoms with E-state index in [0.717, 1.165) is 12.4 Å². The Labute approximate surface area is 146 Å². The normalized spacial score (nSPS) is 12.1. The molecule has 0 aliphatic rings. The van der Waals surface area contributed by atoms with E-state index in [1.807, 2.05) is 25.3 Å². The molecule has 0 unspecified atom stereocenters. The van der Waals surface area contributed by atoms with Crippen molar-refractivity contribution in [3.8, 4) is 11.5 Å². The van der Waals surface area contributed by atoms with Crippen LogP contribution in [0.15, 0.2) is 41.2 Å². The lowest BCUT2D eigenvalue weighted by Crippen LogP contribution is -2.30. The van der Waals surface area contributed by atoms with Crippen molar-refractivity contribution < 1.29 is 9.32 Å². The Bertz CT molecular complexity index is 868. The zero-order valence-corrected chi connectivity index (χ0v) is 14.6. The van der Waals surface area contributed by atoms with E-state index in [4.69, 9.17) is 4.52 Å². The van der Waals surface area contributed by atoms with E-state index in [0.29, 0.717) is 29.4 Å². The maximum Gasteiger partial charge on any atom is 0.258 e. The summed E-state index contributed by atoms with van der Waals surface area (Å²) < 4.78 is 7.27. The molecule has 25 heavy (non-hydrogen) atoms. The van der Waals surface area contributed by atoms with Gasteiger partial charge in [0.1, 0.15) is 5.82 Å². The summed E-state index contributed by atoms with van der Waals surface area (Å²) in [5, 5.41) is 6.78. The molecule has 0 bridgehead atoms. The first-order valence-corrected chi connectivity index (χ1v) is 8.20. The predicted octanol–water partition coefficient (Wildman–Crippen LogP) is 2.62. The first-order valence-electron chi connectivity index (χ1n) is 8.20. The summed E-state index contributed by atoms with van der Waals surface area (Å²) in [5.41, 5.74) is 1.16. The molecule has 0 aliphatic carbocycles. The van der Waals surface area contributed by atoms with Gasteiger partial charge in [-0.15, -0.1) is 0 Å². The molecule has 1 N–H and O–H groups in total. The fourth-order valence-electron chi connectivity index (χ4n) is 2.63. The number of amides is 1. The van der Waals surface area contributed by atoms with Gasteiger partial charge in [0, 0.05) is 25.5 Å². The van der Waals surface area contributed by atoms with E-state index in [2.05, 4.69) is 31.9 Å². The number of hydrogen-bond donors (Lipinski definition) is 1. The van der Waals surface area contributed by atoms with Crippen molar-refractivity contribution in [2.45, 2.75) is 27.3 Å². The Kier molecular flexibility index (Phi) is 4.92. The predicted molar refractivity (Wildman–Crippen MR) is 92.9 cm³/mol. The van der Waals surface area contributed by atoms with Crippen LogP contribution in [0, 0.1) is 19.8 Å². The van der Waals surface area contributed by atoms with E-state index in [1.165, 1.54) is 0 Å². The topological polar surface area (TPSA) is 85.8 Å². The summed E-state index contributed by atoms with van der Waals surface area (Å²) in [4.78, 5) is 21.0. The highest BCUT2D eigenvalue weighted by molar-refractivity contribution is 5.99. The van der Waals surface area contributed by atoms with Gasteiger partial charge in [-0.05, 0) is 31.9 Å². The molecular weight excluding hydrogens is 318 g/mol. The van der Waals surface area contributed by atoms with Gasteiger partial charge in [-0.25, -0.2) is 4.98 Å². The molecule has 7 heteroatoms. The molecule has 1 amide bonds. The molecule has 2 aromatic heterocycles. The summed E-state index contributed by atoms with van der Waals surface area (Å²) in [6.45, 7) is 7.17. The molecule has 3 aromatic rings. The Morgan fingerprint density at radius 2 is 2.12 bits per heavy atom. The molecule has 2 heterocycles. The van der Waals surface area contributed by atoms with Gasteiger partial charge < -0.3 is 14.4 Å². The summed E-state index contributed by atoms with van der Waals surface area (Å²) in [5.74, 6) is 1.98. The van der Waals surface area contributed by atoms with Crippen molar-refractivity contribution in [3.63, 3.8) is 0 Å². The first kappa shape index (κ1) is 16.9. The average Bonchev–Trinajstić information content (AvgIpc) is 3.21. The molecule has 0 saturated heterocycles. The van der Waals surface area contributed by atoms with Crippen LogP contribution in [0.25, 0.3) is 11.5 Å². The Morgan fingerprint density at radius 3 is 2.80 bits per heavy atom. The number of nitrogens with zero attached hydrogens (tertiary/aromatic N) is 4. The van der Waals surface area contributed by atoms with Gasteiger partial charge in [0.25, 0.3) is 11.8 Å². The number of imidazole rings is 1. The molecule has 0 aliphatic heterocycles. The van der Waals surface area contributed by atoms with Crippen LogP contribution in [-0.2, 0) is 6.54 Å². The minimum absolute atomic E-state index is 0.152. The van der Waals surface area contributed by atoms with E-state index >= 15 is 0 Å².